The number of carbonyl (C=O) groups excluding carboxylic acids is 1. The quantitative estimate of drug-likeness (QED) is 0.707. The minimum absolute atomic E-state index is 0.161. The average molecular weight is 423 g/mol. The van der Waals surface area contributed by atoms with Crippen molar-refractivity contribution in [1.29, 1.82) is 0 Å². The van der Waals surface area contributed by atoms with Crippen LogP contribution in [-0.4, -0.2) is 46.0 Å². The Hall–Kier alpha value is -2.75. The summed E-state index contributed by atoms with van der Waals surface area (Å²) in [6, 6.07) is 8.19. The number of nitrogens with zero attached hydrogens (tertiary/aromatic N) is 3. The van der Waals surface area contributed by atoms with Crippen LogP contribution in [0.3, 0.4) is 0 Å². The molecule has 154 valence electrons. The number of alkyl halides is 2. The molecule has 0 bridgehead atoms. The number of pyridine rings is 1. The molecule has 1 aromatic heterocycles. The van der Waals surface area contributed by atoms with Gasteiger partial charge in [0.05, 0.1) is 24.1 Å². The molecule has 1 aliphatic carbocycles. The fourth-order valence-electron chi connectivity index (χ4n) is 3.40. The van der Waals surface area contributed by atoms with Crippen LogP contribution < -0.4 is 8.61 Å². The Morgan fingerprint density at radius 2 is 2.00 bits per heavy atom. The molecule has 10 heteroatoms. The molecule has 7 nitrogen and oxygen atoms in total. The normalized spacial score (nSPS) is 21.1. The Bertz CT molecular complexity index is 1120. The molecule has 0 radical (unpaired) electrons. The molecular formula is C19H19F2N3O4S. The Kier molecular flexibility index (Phi) is 4.30. The van der Waals surface area contributed by atoms with Crippen molar-refractivity contribution >= 4 is 27.7 Å². The highest BCUT2D eigenvalue weighted by Gasteiger charge is 2.59. The van der Waals surface area contributed by atoms with Crippen LogP contribution >= 0.6 is 0 Å². The van der Waals surface area contributed by atoms with Gasteiger partial charge in [-0.25, -0.2) is 27.2 Å². The van der Waals surface area contributed by atoms with Crippen molar-refractivity contribution in [3.63, 3.8) is 0 Å². The molecule has 0 spiro atoms. The number of rotatable bonds is 4. The molecular weight excluding hydrogens is 404 g/mol. The number of carbonyl (C=O) groups is 1. The standard InChI is InChI=1S/C19H19F2N3O4S/c1-11-4-5-12(18(25)28-3)8-14(11)15-6-7-16-17(22-15)23(2)29(26,27)24(16)10-13-9-19(13,20)21/h4-8,13H,9-10H2,1-3H3. The maximum Gasteiger partial charge on any atom is 0.337 e. The highest BCUT2D eigenvalue weighted by molar-refractivity contribution is 7.94. The average Bonchev–Trinajstić information content (AvgIpc) is 3.25. The van der Waals surface area contributed by atoms with E-state index in [4.69, 9.17) is 4.74 Å². The predicted molar refractivity (Wildman–Crippen MR) is 103 cm³/mol. The molecule has 29 heavy (non-hydrogen) atoms. The van der Waals surface area contributed by atoms with Gasteiger partial charge in [0.1, 0.15) is 0 Å². The Morgan fingerprint density at radius 1 is 1.31 bits per heavy atom. The van der Waals surface area contributed by atoms with Gasteiger partial charge in [0.2, 0.25) is 0 Å². The second kappa shape index (κ2) is 6.38. The van der Waals surface area contributed by atoms with Crippen LogP contribution in [0.4, 0.5) is 20.3 Å². The molecule has 1 unspecified atom stereocenters. The lowest BCUT2D eigenvalue weighted by Gasteiger charge is -2.18. The first-order chi connectivity index (χ1) is 13.6. The van der Waals surface area contributed by atoms with Gasteiger partial charge in [-0.3, -0.25) is 0 Å². The summed E-state index contributed by atoms with van der Waals surface area (Å²) in [7, 11) is -1.34. The zero-order valence-electron chi connectivity index (χ0n) is 16.0. The van der Waals surface area contributed by atoms with Crippen molar-refractivity contribution in [2.75, 3.05) is 29.3 Å². The Labute approximate surface area is 167 Å². The molecule has 2 aliphatic rings. The zero-order valence-corrected chi connectivity index (χ0v) is 16.8. The van der Waals surface area contributed by atoms with Crippen molar-refractivity contribution < 1.29 is 26.7 Å². The van der Waals surface area contributed by atoms with E-state index in [0.29, 0.717) is 16.8 Å². The monoisotopic (exact) mass is 423 g/mol. The van der Waals surface area contributed by atoms with E-state index in [-0.39, 0.29) is 24.5 Å². The summed E-state index contributed by atoms with van der Waals surface area (Å²) < 4.78 is 58.9. The van der Waals surface area contributed by atoms with Crippen LogP contribution in [0.1, 0.15) is 22.3 Å². The number of hydrogen-bond acceptors (Lipinski definition) is 5. The number of fused-ring (bicyclic) bond motifs is 1. The summed E-state index contributed by atoms with van der Waals surface area (Å²) >= 11 is 0. The number of methoxy groups -OCH3 is 1. The summed E-state index contributed by atoms with van der Waals surface area (Å²) in [5, 5.41) is 0. The second-order valence-electron chi connectivity index (χ2n) is 7.23. The lowest BCUT2D eigenvalue weighted by atomic mass is 10.0. The summed E-state index contributed by atoms with van der Waals surface area (Å²) in [5.74, 6) is -4.15. The highest BCUT2D eigenvalue weighted by atomic mass is 32.2. The number of halogens is 2. The smallest absolute Gasteiger partial charge is 0.337 e. The Balaban J connectivity index is 1.75. The van der Waals surface area contributed by atoms with E-state index in [1.165, 1.54) is 14.2 Å². The van der Waals surface area contributed by atoms with Crippen LogP contribution in [0, 0.1) is 12.8 Å². The lowest BCUT2D eigenvalue weighted by Crippen LogP contribution is -2.37. The van der Waals surface area contributed by atoms with Crippen LogP contribution in [0.25, 0.3) is 11.3 Å². The van der Waals surface area contributed by atoms with Gasteiger partial charge in [0.25, 0.3) is 5.92 Å². The number of aromatic nitrogens is 1. The number of benzene rings is 1. The highest BCUT2D eigenvalue weighted by Crippen LogP contribution is 2.51. The zero-order chi connectivity index (χ0) is 21.1. The molecule has 0 saturated heterocycles. The molecule has 1 atom stereocenters. The minimum Gasteiger partial charge on any atom is -0.465 e. The maximum absolute atomic E-state index is 13.3. The molecule has 1 fully saturated rings. The van der Waals surface area contributed by atoms with Crippen molar-refractivity contribution in [3.05, 3.63) is 41.5 Å². The van der Waals surface area contributed by atoms with E-state index in [0.717, 1.165) is 14.2 Å². The van der Waals surface area contributed by atoms with E-state index in [2.05, 4.69) is 4.98 Å². The fraction of sp³-hybridized carbons (Fsp3) is 0.368. The van der Waals surface area contributed by atoms with Gasteiger partial charge >= 0.3 is 16.2 Å². The first kappa shape index (κ1) is 19.6. The topological polar surface area (TPSA) is 79.8 Å². The van der Waals surface area contributed by atoms with Crippen molar-refractivity contribution in [3.8, 4) is 11.3 Å². The summed E-state index contributed by atoms with van der Waals surface area (Å²) in [6.45, 7) is 1.55. The van der Waals surface area contributed by atoms with Crippen LogP contribution in [0.15, 0.2) is 30.3 Å². The molecule has 1 saturated carbocycles. The van der Waals surface area contributed by atoms with Gasteiger partial charge < -0.3 is 4.74 Å². The fourth-order valence-corrected chi connectivity index (χ4v) is 4.81. The van der Waals surface area contributed by atoms with Gasteiger partial charge in [-0.2, -0.15) is 8.42 Å². The third-order valence-electron chi connectivity index (χ3n) is 5.32. The van der Waals surface area contributed by atoms with Gasteiger partial charge in [0.15, 0.2) is 5.82 Å². The number of ether oxygens (including phenoxy) is 1. The van der Waals surface area contributed by atoms with E-state index in [1.54, 1.807) is 30.3 Å². The van der Waals surface area contributed by atoms with E-state index < -0.39 is 28.0 Å². The molecule has 1 aromatic carbocycles. The lowest BCUT2D eigenvalue weighted by molar-refractivity contribution is 0.0600. The summed E-state index contributed by atoms with van der Waals surface area (Å²) in [4.78, 5) is 16.3. The first-order valence-electron chi connectivity index (χ1n) is 8.91. The number of anilines is 2. The van der Waals surface area contributed by atoms with Crippen LogP contribution in [-0.2, 0) is 14.9 Å². The number of esters is 1. The van der Waals surface area contributed by atoms with Crippen molar-refractivity contribution in [2.45, 2.75) is 19.3 Å². The minimum atomic E-state index is -3.97. The molecule has 1 aliphatic heterocycles. The SMILES string of the molecule is COC(=O)c1ccc(C)c(-c2ccc3c(n2)N(C)S(=O)(=O)N3CC2CC2(F)F)c1. The van der Waals surface area contributed by atoms with Gasteiger partial charge in [-0.05, 0) is 36.8 Å². The molecule has 4 rings (SSSR count). The van der Waals surface area contributed by atoms with E-state index in [1.807, 2.05) is 6.92 Å². The third kappa shape index (κ3) is 3.11. The maximum atomic E-state index is 13.3. The van der Waals surface area contributed by atoms with Gasteiger partial charge in [-0.1, -0.05) is 6.07 Å². The van der Waals surface area contributed by atoms with Crippen LogP contribution in [0.2, 0.25) is 0 Å². The summed E-state index contributed by atoms with van der Waals surface area (Å²) in [5.41, 5.74) is 2.55. The van der Waals surface area contributed by atoms with Gasteiger partial charge in [0, 0.05) is 31.5 Å². The number of aryl methyl sites for hydroxylation is 1. The van der Waals surface area contributed by atoms with Crippen molar-refractivity contribution in [2.24, 2.45) is 5.92 Å². The second-order valence-corrected chi connectivity index (χ2v) is 9.11. The number of hydrogen-bond donors (Lipinski definition) is 0. The third-order valence-corrected chi connectivity index (χ3v) is 7.09. The predicted octanol–water partition coefficient (Wildman–Crippen LogP) is 3.00. The van der Waals surface area contributed by atoms with E-state index in [9.17, 15) is 22.0 Å². The Morgan fingerprint density at radius 3 is 2.62 bits per heavy atom. The molecule has 2 heterocycles. The molecule has 0 amide bonds. The van der Waals surface area contributed by atoms with Crippen LogP contribution in [0.5, 0.6) is 0 Å². The van der Waals surface area contributed by atoms with E-state index >= 15 is 0 Å². The van der Waals surface area contributed by atoms with Crippen molar-refractivity contribution in [1.82, 2.24) is 4.98 Å². The molecule has 2 aromatic rings. The van der Waals surface area contributed by atoms with Gasteiger partial charge in [-0.15, -0.1) is 0 Å². The summed E-state index contributed by atoms with van der Waals surface area (Å²) in [6.07, 6.45) is -0.316. The molecule has 0 N–H and O–H groups in total. The first-order valence-corrected chi connectivity index (χ1v) is 10.3. The largest absolute Gasteiger partial charge is 0.465 e.